The van der Waals surface area contributed by atoms with E-state index in [9.17, 15) is 9.59 Å². The first kappa shape index (κ1) is 12.4. The standard InChI is InChI=1S/C12H18O5/c1-11-6-5-7(17-11)12(2,10(14)16-4)8(11)9(13)15-3/h7-8H,5-6H2,1-4H3/t7-,8+,11-,12+/m1/s1. The third kappa shape index (κ3) is 1.41. The second-order valence-electron chi connectivity index (χ2n) is 5.19. The van der Waals surface area contributed by atoms with E-state index < -0.39 is 28.9 Å². The van der Waals surface area contributed by atoms with Gasteiger partial charge >= 0.3 is 11.9 Å². The van der Waals surface area contributed by atoms with E-state index in [1.54, 1.807) is 6.92 Å². The molecule has 0 unspecified atom stereocenters. The maximum absolute atomic E-state index is 12.0. The maximum atomic E-state index is 12.0. The van der Waals surface area contributed by atoms with Gasteiger partial charge in [0.05, 0.1) is 25.9 Å². The Balaban J connectivity index is 2.44. The van der Waals surface area contributed by atoms with Gasteiger partial charge in [-0.25, -0.2) is 0 Å². The number of methoxy groups -OCH3 is 2. The van der Waals surface area contributed by atoms with E-state index in [0.29, 0.717) is 0 Å². The molecule has 0 spiro atoms. The lowest BCUT2D eigenvalue weighted by Crippen LogP contribution is -2.51. The molecule has 2 heterocycles. The second-order valence-corrected chi connectivity index (χ2v) is 5.19. The van der Waals surface area contributed by atoms with Crippen LogP contribution in [0.4, 0.5) is 0 Å². The molecule has 0 aromatic carbocycles. The Hall–Kier alpha value is -1.10. The van der Waals surface area contributed by atoms with E-state index >= 15 is 0 Å². The lowest BCUT2D eigenvalue weighted by molar-refractivity contribution is -0.167. The Morgan fingerprint density at radius 3 is 2.41 bits per heavy atom. The third-order valence-electron chi connectivity index (χ3n) is 4.26. The van der Waals surface area contributed by atoms with E-state index in [-0.39, 0.29) is 6.10 Å². The van der Waals surface area contributed by atoms with Crippen LogP contribution in [0.1, 0.15) is 26.7 Å². The predicted octanol–water partition coefficient (Wildman–Crippen LogP) is 0.906. The van der Waals surface area contributed by atoms with Gasteiger partial charge in [-0.1, -0.05) is 0 Å². The van der Waals surface area contributed by atoms with Crippen molar-refractivity contribution in [3.63, 3.8) is 0 Å². The van der Waals surface area contributed by atoms with Crippen molar-refractivity contribution in [3.05, 3.63) is 0 Å². The largest absolute Gasteiger partial charge is 0.469 e. The highest BCUT2D eigenvalue weighted by Crippen LogP contribution is 2.58. The minimum absolute atomic E-state index is 0.260. The number of fused-ring (bicyclic) bond motifs is 2. The van der Waals surface area contributed by atoms with Crippen molar-refractivity contribution in [2.45, 2.75) is 38.4 Å². The Morgan fingerprint density at radius 1 is 1.24 bits per heavy atom. The molecule has 4 atom stereocenters. The van der Waals surface area contributed by atoms with Crippen molar-refractivity contribution >= 4 is 11.9 Å². The van der Waals surface area contributed by atoms with E-state index in [1.807, 2.05) is 6.92 Å². The molecule has 2 fully saturated rings. The number of hydrogen-bond donors (Lipinski definition) is 0. The van der Waals surface area contributed by atoms with Gasteiger partial charge in [0.25, 0.3) is 0 Å². The molecule has 2 aliphatic heterocycles. The Bertz CT molecular complexity index is 366. The van der Waals surface area contributed by atoms with E-state index in [4.69, 9.17) is 14.2 Å². The SMILES string of the molecule is COC(=O)[C@@H]1[C@@](C)(C(=O)OC)[C@H]2CC[C@@]1(C)O2. The van der Waals surface area contributed by atoms with Crippen molar-refractivity contribution < 1.29 is 23.8 Å². The topological polar surface area (TPSA) is 61.8 Å². The molecule has 0 aromatic heterocycles. The quantitative estimate of drug-likeness (QED) is 0.673. The Morgan fingerprint density at radius 2 is 1.88 bits per heavy atom. The highest BCUT2D eigenvalue weighted by atomic mass is 16.6. The maximum Gasteiger partial charge on any atom is 0.315 e. The van der Waals surface area contributed by atoms with Crippen LogP contribution in [0, 0.1) is 11.3 Å². The zero-order valence-corrected chi connectivity index (χ0v) is 10.6. The van der Waals surface area contributed by atoms with Crippen molar-refractivity contribution in [1.82, 2.24) is 0 Å². The molecule has 5 heteroatoms. The Labute approximate surface area is 100 Å². The smallest absolute Gasteiger partial charge is 0.315 e. The van der Waals surface area contributed by atoms with Gasteiger partial charge in [0.2, 0.25) is 0 Å². The summed E-state index contributed by atoms with van der Waals surface area (Å²) >= 11 is 0. The van der Waals surface area contributed by atoms with Gasteiger partial charge in [-0.3, -0.25) is 9.59 Å². The molecule has 5 nitrogen and oxygen atoms in total. The van der Waals surface area contributed by atoms with Gasteiger partial charge in [-0.2, -0.15) is 0 Å². The predicted molar refractivity (Wildman–Crippen MR) is 58.1 cm³/mol. The van der Waals surface area contributed by atoms with E-state index in [1.165, 1.54) is 14.2 Å². The van der Waals surface area contributed by atoms with Crippen LogP contribution in [0.5, 0.6) is 0 Å². The highest BCUT2D eigenvalue weighted by molar-refractivity contribution is 5.87. The van der Waals surface area contributed by atoms with Gasteiger partial charge < -0.3 is 14.2 Å². The molecule has 2 aliphatic rings. The Kier molecular flexibility index (Phi) is 2.69. The molecule has 96 valence electrons. The lowest BCUT2D eigenvalue weighted by Gasteiger charge is -2.37. The molecule has 2 saturated heterocycles. The molecule has 0 N–H and O–H groups in total. The summed E-state index contributed by atoms with van der Waals surface area (Å²) in [5, 5.41) is 0. The molecule has 0 radical (unpaired) electrons. The van der Waals surface area contributed by atoms with Crippen LogP contribution >= 0.6 is 0 Å². The van der Waals surface area contributed by atoms with Gasteiger partial charge in [-0.15, -0.1) is 0 Å². The summed E-state index contributed by atoms with van der Waals surface area (Å²) in [6.45, 7) is 3.60. The summed E-state index contributed by atoms with van der Waals surface area (Å²) < 4.78 is 15.5. The summed E-state index contributed by atoms with van der Waals surface area (Å²) in [6.07, 6.45) is 1.28. The molecule has 0 aromatic rings. The van der Waals surface area contributed by atoms with Crippen molar-refractivity contribution in [3.8, 4) is 0 Å². The fourth-order valence-corrected chi connectivity index (χ4v) is 3.40. The highest BCUT2D eigenvalue weighted by Gasteiger charge is 2.70. The monoisotopic (exact) mass is 242 g/mol. The van der Waals surface area contributed by atoms with Crippen LogP contribution in [-0.4, -0.2) is 37.9 Å². The number of rotatable bonds is 2. The van der Waals surface area contributed by atoms with E-state index in [0.717, 1.165) is 12.8 Å². The zero-order valence-electron chi connectivity index (χ0n) is 10.6. The summed E-state index contributed by atoms with van der Waals surface area (Å²) in [5.74, 6) is -1.39. The van der Waals surface area contributed by atoms with Gasteiger partial charge in [0.15, 0.2) is 0 Å². The molecule has 2 rings (SSSR count). The lowest BCUT2D eigenvalue weighted by atomic mass is 9.63. The average Bonchev–Trinajstić information content (AvgIpc) is 2.79. The third-order valence-corrected chi connectivity index (χ3v) is 4.26. The minimum Gasteiger partial charge on any atom is -0.469 e. The number of hydrogen-bond acceptors (Lipinski definition) is 5. The van der Waals surface area contributed by atoms with Crippen LogP contribution in [0.25, 0.3) is 0 Å². The zero-order chi connectivity index (χ0) is 12.8. The van der Waals surface area contributed by atoms with Gasteiger partial charge in [0.1, 0.15) is 11.3 Å². The molecule has 17 heavy (non-hydrogen) atoms. The molecular formula is C12H18O5. The second kappa shape index (κ2) is 3.70. The molecule has 0 amide bonds. The number of esters is 2. The van der Waals surface area contributed by atoms with Crippen LogP contribution < -0.4 is 0 Å². The van der Waals surface area contributed by atoms with Crippen molar-refractivity contribution in [2.24, 2.45) is 11.3 Å². The van der Waals surface area contributed by atoms with Crippen molar-refractivity contribution in [2.75, 3.05) is 14.2 Å². The normalized spacial score (nSPS) is 43.5. The first-order chi connectivity index (χ1) is 7.90. The number of carbonyl (C=O) groups is 2. The molecule has 0 aliphatic carbocycles. The molecule has 0 saturated carbocycles. The minimum atomic E-state index is -0.936. The van der Waals surface area contributed by atoms with Crippen LogP contribution in [0.2, 0.25) is 0 Å². The number of carbonyl (C=O) groups excluding carboxylic acids is 2. The van der Waals surface area contributed by atoms with Crippen LogP contribution in [0.15, 0.2) is 0 Å². The summed E-state index contributed by atoms with van der Waals surface area (Å²) in [7, 11) is 2.66. The average molecular weight is 242 g/mol. The fraction of sp³-hybridized carbons (Fsp3) is 0.833. The van der Waals surface area contributed by atoms with Crippen LogP contribution in [0.3, 0.4) is 0 Å². The summed E-state index contributed by atoms with van der Waals surface area (Å²) in [6, 6.07) is 0. The fourth-order valence-electron chi connectivity index (χ4n) is 3.40. The molecular weight excluding hydrogens is 224 g/mol. The summed E-state index contributed by atoms with van der Waals surface area (Å²) in [5.41, 5.74) is -1.55. The first-order valence-electron chi connectivity index (χ1n) is 5.74. The number of ether oxygens (including phenoxy) is 3. The summed E-state index contributed by atoms with van der Waals surface area (Å²) in [4.78, 5) is 23.9. The van der Waals surface area contributed by atoms with Gasteiger partial charge in [0, 0.05) is 0 Å². The molecule has 2 bridgehead atoms. The van der Waals surface area contributed by atoms with Crippen LogP contribution in [-0.2, 0) is 23.8 Å². The van der Waals surface area contributed by atoms with Crippen molar-refractivity contribution in [1.29, 1.82) is 0 Å². The van der Waals surface area contributed by atoms with E-state index in [2.05, 4.69) is 0 Å². The first-order valence-corrected chi connectivity index (χ1v) is 5.74. The van der Waals surface area contributed by atoms with Gasteiger partial charge in [-0.05, 0) is 26.7 Å².